The minimum absolute atomic E-state index is 0.116. The van der Waals surface area contributed by atoms with Crippen molar-refractivity contribution < 1.29 is 14.7 Å². The average Bonchev–Trinajstić information content (AvgIpc) is 3.63. The van der Waals surface area contributed by atoms with Crippen LogP contribution in [0.1, 0.15) is 58.2 Å². The molecule has 0 atom stereocenters. The number of thiazole rings is 1. The molecule has 0 radical (unpaired) electrons. The molecule has 0 spiro atoms. The predicted octanol–water partition coefficient (Wildman–Crippen LogP) is 2.91. The number of hydrogen-bond acceptors (Lipinski definition) is 9. The lowest BCUT2D eigenvalue weighted by atomic mass is 10.0. The van der Waals surface area contributed by atoms with Gasteiger partial charge in [-0.25, -0.2) is 9.50 Å². The van der Waals surface area contributed by atoms with E-state index in [2.05, 4.69) is 49.7 Å². The third-order valence-corrected chi connectivity index (χ3v) is 7.97. The summed E-state index contributed by atoms with van der Waals surface area (Å²) in [6.07, 6.45) is 7.29. The molecule has 12 heteroatoms. The molecule has 2 amide bonds. The molecule has 5 rings (SSSR count). The first-order valence-corrected chi connectivity index (χ1v) is 13.3. The van der Waals surface area contributed by atoms with Gasteiger partial charge in [-0.1, -0.05) is 5.21 Å². The second kappa shape index (κ2) is 10.6. The Bertz CT molecular complexity index is 1490. The molecule has 198 valence electrons. The van der Waals surface area contributed by atoms with E-state index in [4.69, 9.17) is 0 Å². The fraction of sp³-hybridized carbons (Fsp3) is 0.385. The summed E-state index contributed by atoms with van der Waals surface area (Å²) in [7, 11) is 0. The van der Waals surface area contributed by atoms with Gasteiger partial charge in [-0.15, -0.1) is 16.4 Å². The maximum absolute atomic E-state index is 13.1. The number of carbonyl (C=O) groups excluding carboxylic acids is 2. The van der Waals surface area contributed by atoms with Crippen molar-refractivity contribution in [2.75, 3.05) is 25.0 Å². The number of aliphatic hydroxyl groups excluding tert-OH is 1. The van der Waals surface area contributed by atoms with E-state index in [0.29, 0.717) is 34.0 Å². The number of hydrogen-bond donors (Lipinski definition) is 3. The van der Waals surface area contributed by atoms with Gasteiger partial charge in [0.1, 0.15) is 5.01 Å². The summed E-state index contributed by atoms with van der Waals surface area (Å²) < 4.78 is 1.53. The van der Waals surface area contributed by atoms with Gasteiger partial charge in [-0.2, -0.15) is 0 Å². The predicted molar refractivity (Wildman–Crippen MR) is 144 cm³/mol. The van der Waals surface area contributed by atoms with E-state index in [-0.39, 0.29) is 23.7 Å². The van der Waals surface area contributed by atoms with Crippen LogP contribution >= 0.6 is 11.3 Å². The Balaban J connectivity index is 1.26. The number of nitrogens with zero attached hydrogens (tertiary/aromatic N) is 6. The summed E-state index contributed by atoms with van der Waals surface area (Å²) >= 11 is 1.38. The molecular formula is C26H30N8O3S. The summed E-state index contributed by atoms with van der Waals surface area (Å²) in [4.78, 5) is 37.6. The summed E-state index contributed by atoms with van der Waals surface area (Å²) in [5.41, 5.74) is 3.07. The lowest BCUT2D eigenvalue weighted by molar-refractivity contribution is 0.0938. The topological polar surface area (TPSA) is 138 Å². The number of amides is 2. The highest BCUT2D eigenvalue weighted by atomic mass is 32.1. The number of rotatable bonds is 8. The number of aromatic nitrogens is 5. The number of fused-ring (bicyclic) bond motifs is 1. The highest BCUT2D eigenvalue weighted by Crippen LogP contribution is 2.28. The lowest BCUT2D eigenvalue weighted by Gasteiger charge is -2.31. The Morgan fingerprint density at radius 2 is 2.03 bits per heavy atom. The number of aryl methyl sites for hydroxylation is 1. The molecule has 11 nitrogen and oxygen atoms in total. The first-order valence-electron chi connectivity index (χ1n) is 12.5. The van der Waals surface area contributed by atoms with Crippen molar-refractivity contribution in [1.82, 2.24) is 35.0 Å². The van der Waals surface area contributed by atoms with Crippen molar-refractivity contribution in [2.24, 2.45) is 0 Å². The van der Waals surface area contributed by atoms with Gasteiger partial charge in [0.05, 0.1) is 33.9 Å². The number of carbonyl (C=O) groups is 2. The van der Waals surface area contributed by atoms with Gasteiger partial charge in [0.15, 0.2) is 5.69 Å². The van der Waals surface area contributed by atoms with E-state index in [0.717, 1.165) is 30.0 Å². The summed E-state index contributed by atoms with van der Waals surface area (Å²) in [5.74, 6) is -0.689. The molecule has 0 saturated carbocycles. The molecule has 1 fully saturated rings. The maximum Gasteiger partial charge on any atom is 0.278 e. The van der Waals surface area contributed by atoms with Crippen LogP contribution in [0.3, 0.4) is 0 Å². The fourth-order valence-electron chi connectivity index (χ4n) is 4.67. The highest BCUT2D eigenvalue weighted by Gasteiger charge is 2.31. The van der Waals surface area contributed by atoms with Crippen LogP contribution in [-0.2, 0) is 6.61 Å². The zero-order valence-electron chi connectivity index (χ0n) is 21.6. The smallest absolute Gasteiger partial charge is 0.278 e. The fourth-order valence-corrected chi connectivity index (χ4v) is 5.44. The minimum Gasteiger partial charge on any atom is -0.389 e. The van der Waals surface area contributed by atoms with Gasteiger partial charge < -0.3 is 15.7 Å². The zero-order valence-corrected chi connectivity index (χ0v) is 22.4. The van der Waals surface area contributed by atoms with E-state index in [1.54, 1.807) is 31.5 Å². The van der Waals surface area contributed by atoms with Crippen LogP contribution in [0.4, 0.5) is 5.69 Å². The van der Waals surface area contributed by atoms with Crippen LogP contribution in [-0.4, -0.2) is 71.8 Å². The Hall–Kier alpha value is -3.74. The third-order valence-electron chi connectivity index (χ3n) is 6.94. The number of likely N-dealkylation sites (tertiary alicyclic amines) is 1. The van der Waals surface area contributed by atoms with Crippen LogP contribution in [0.15, 0.2) is 36.8 Å². The van der Waals surface area contributed by atoms with Gasteiger partial charge in [-0.3, -0.25) is 19.5 Å². The van der Waals surface area contributed by atoms with Gasteiger partial charge in [0.25, 0.3) is 11.8 Å². The van der Waals surface area contributed by atoms with E-state index >= 15 is 0 Å². The summed E-state index contributed by atoms with van der Waals surface area (Å²) in [5, 5.41) is 23.8. The molecule has 4 aromatic heterocycles. The zero-order chi connectivity index (χ0) is 26.9. The van der Waals surface area contributed by atoms with E-state index in [9.17, 15) is 14.7 Å². The number of anilines is 1. The molecule has 1 aliphatic heterocycles. The second-order valence-corrected chi connectivity index (χ2v) is 11.0. The number of aliphatic hydroxyl groups is 1. The standard InChI is InChI=1S/C26H30N8O3S/c1-16-19(11-18(12-28-16)24(36)27-8-10-33-9-4-7-26(33,2)3)30-25(37)23-20-6-5-17(14-34(20)32-31-23)21-13-29-22(15-35)38-21/h5-6,11-14,35H,4,7-10,15H2,1-3H3,(H,27,36)(H,30,37). The summed E-state index contributed by atoms with van der Waals surface area (Å²) in [6.45, 7) is 8.47. The minimum atomic E-state index is -0.452. The quantitative estimate of drug-likeness (QED) is 0.314. The van der Waals surface area contributed by atoms with Gasteiger partial charge in [0.2, 0.25) is 0 Å². The van der Waals surface area contributed by atoms with Crippen molar-refractivity contribution in [1.29, 1.82) is 0 Å². The van der Waals surface area contributed by atoms with E-state index in [1.165, 1.54) is 28.5 Å². The largest absolute Gasteiger partial charge is 0.389 e. The third kappa shape index (κ3) is 5.28. The molecule has 0 aromatic carbocycles. The van der Waals surface area contributed by atoms with Crippen LogP contribution in [0.5, 0.6) is 0 Å². The van der Waals surface area contributed by atoms with Gasteiger partial charge in [0, 0.05) is 42.8 Å². The lowest BCUT2D eigenvalue weighted by Crippen LogP contribution is -2.43. The number of pyridine rings is 2. The molecule has 4 aromatic rings. The molecule has 0 bridgehead atoms. The van der Waals surface area contributed by atoms with Crippen molar-refractivity contribution >= 4 is 34.4 Å². The SMILES string of the molecule is Cc1ncc(C(=O)NCCN2CCCC2(C)C)cc1NC(=O)c1nnn2cc(-c3cnc(CO)s3)ccc12. The van der Waals surface area contributed by atoms with Gasteiger partial charge in [-0.05, 0) is 58.4 Å². The van der Waals surface area contributed by atoms with E-state index in [1.807, 2.05) is 6.07 Å². The Labute approximate surface area is 223 Å². The van der Waals surface area contributed by atoms with Crippen LogP contribution in [0.2, 0.25) is 0 Å². The Kier molecular flexibility index (Phi) is 7.19. The van der Waals surface area contributed by atoms with Crippen LogP contribution in [0.25, 0.3) is 16.0 Å². The van der Waals surface area contributed by atoms with E-state index < -0.39 is 5.91 Å². The average molecular weight is 535 g/mol. The first-order chi connectivity index (χ1) is 18.2. The Morgan fingerprint density at radius 1 is 1.18 bits per heavy atom. The molecule has 5 heterocycles. The monoisotopic (exact) mass is 534 g/mol. The summed E-state index contributed by atoms with van der Waals surface area (Å²) in [6, 6.07) is 5.24. The highest BCUT2D eigenvalue weighted by molar-refractivity contribution is 7.15. The molecule has 0 aliphatic carbocycles. The number of nitrogens with one attached hydrogen (secondary N) is 2. The van der Waals surface area contributed by atoms with Gasteiger partial charge >= 0.3 is 0 Å². The second-order valence-electron chi connectivity index (χ2n) is 9.93. The molecular weight excluding hydrogens is 504 g/mol. The van der Waals surface area contributed by atoms with Crippen molar-refractivity contribution in [2.45, 2.75) is 45.8 Å². The van der Waals surface area contributed by atoms with Crippen molar-refractivity contribution in [3.05, 3.63) is 58.7 Å². The molecule has 0 unspecified atom stereocenters. The Morgan fingerprint density at radius 3 is 2.76 bits per heavy atom. The molecule has 1 aliphatic rings. The first kappa shape index (κ1) is 25.9. The normalized spacial score (nSPS) is 15.2. The maximum atomic E-state index is 13.1. The van der Waals surface area contributed by atoms with Crippen LogP contribution in [0, 0.1) is 6.92 Å². The van der Waals surface area contributed by atoms with Crippen LogP contribution < -0.4 is 10.6 Å². The van der Waals surface area contributed by atoms with Crippen molar-refractivity contribution in [3.8, 4) is 10.4 Å². The molecule has 38 heavy (non-hydrogen) atoms. The molecule has 1 saturated heterocycles. The van der Waals surface area contributed by atoms with Crippen molar-refractivity contribution in [3.63, 3.8) is 0 Å². The molecule has 3 N–H and O–H groups in total.